The van der Waals surface area contributed by atoms with Crippen molar-refractivity contribution >= 4 is 6.29 Å². The molecular formula is C19H28O. The third-order valence-electron chi connectivity index (χ3n) is 4.00. The van der Waals surface area contributed by atoms with E-state index in [1.165, 1.54) is 22.3 Å². The van der Waals surface area contributed by atoms with E-state index in [2.05, 4.69) is 58.9 Å². The number of hydrogen-bond donors (Lipinski definition) is 0. The highest BCUT2D eigenvalue weighted by Gasteiger charge is 2.29. The van der Waals surface area contributed by atoms with Crippen LogP contribution < -0.4 is 0 Å². The highest BCUT2D eigenvalue weighted by molar-refractivity contribution is 5.53. The summed E-state index contributed by atoms with van der Waals surface area (Å²) in [6.07, 6.45) is 5.24. The highest BCUT2D eigenvalue weighted by Crippen LogP contribution is 2.37. The number of carbonyl (C=O) groups is 1. The van der Waals surface area contributed by atoms with Gasteiger partial charge in [0, 0.05) is 5.92 Å². The van der Waals surface area contributed by atoms with Gasteiger partial charge in [0.1, 0.15) is 6.29 Å². The molecule has 0 fully saturated rings. The Kier molecular flexibility index (Phi) is 5.74. The van der Waals surface area contributed by atoms with Gasteiger partial charge in [-0.25, -0.2) is 0 Å². The molecule has 1 rings (SSSR count). The molecule has 0 heterocycles. The summed E-state index contributed by atoms with van der Waals surface area (Å²) in [4.78, 5) is 11.1. The minimum atomic E-state index is 0.0232. The minimum Gasteiger partial charge on any atom is -0.303 e. The van der Waals surface area contributed by atoms with Gasteiger partial charge in [-0.1, -0.05) is 49.3 Å². The summed E-state index contributed by atoms with van der Waals surface area (Å²) in [5.74, 6) is 0.0891. The maximum Gasteiger partial charge on any atom is 0.122 e. The van der Waals surface area contributed by atoms with Gasteiger partial charge in [-0.15, -0.1) is 0 Å². The van der Waals surface area contributed by atoms with Crippen LogP contribution in [0.2, 0.25) is 0 Å². The van der Waals surface area contributed by atoms with Crippen LogP contribution in [0.3, 0.4) is 0 Å². The van der Waals surface area contributed by atoms with Crippen molar-refractivity contribution in [3.63, 3.8) is 0 Å². The van der Waals surface area contributed by atoms with Crippen molar-refractivity contribution in [1.29, 1.82) is 0 Å². The van der Waals surface area contributed by atoms with Gasteiger partial charge in [0.15, 0.2) is 0 Å². The predicted molar refractivity (Wildman–Crippen MR) is 87.2 cm³/mol. The molecule has 0 bridgehead atoms. The van der Waals surface area contributed by atoms with Crippen LogP contribution in [-0.2, 0) is 10.2 Å². The van der Waals surface area contributed by atoms with Gasteiger partial charge in [0.2, 0.25) is 0 Å². The third-order valence-corrected chi connectivity index (χ3v) is 4.00. The summed E-state index contributed by atoms with van der Waals surface area (Å²) in [7, 11) is 0. The monoisotopic (exact) mass is 272 g/mol. The Balaban J connectivity index is 3.20. The standard InChI is InChI=1S/C19H28O/c1-14(2)9-10-19(6,12-16(4)13-20)18-8-7-15(3)11-17(18)5/h7-9,11,13,16H,10,12H2,1-6H3. The van der Waals surface area contributed by atoms with E-state index in [4.69, 9.17) is 0 Å². The Morgan fingerprint density at radius 1 is 1.30 bits per heavy atom. The van der Waals surface area contributed by atoms with Crippen LogP contribution >= 0.6 is 0 Å². The topological polar surface area (TPSA) is 17.1 Å². The number of hydrogen-bond acceptors (Lipinski definition) is 1. The molecule has 1 heteroatoms. The Morgan fingerprint density at radius 2 is 1.95 bits per heavy atom. The van der Waals surface area contributed by atoms with Crippen molar-refractivity contribution in [3.05, 3.63) is 46.5 Å². The van der Waals surface area contributed by atoms with Crippen molar-refractivity contribution in [2.75, 3.05) is 0 Å². The smallest absolute Gasteiger partial charge is 0.122 e. The van der Waals surface area contributed by atoms with Gasteiger partial charge in [-0.2, -0.15) is 0 Å². The molecule has 2 unspecified atom stereocenters. The van der Waals surface area contributed by atoms with Gasteiger partial charge in [-0.3, -0.25) is 0 Å². The van der Waals surface area contributed by atoms with Crippen molar-refractivity contribution in [2.24, 2.45) is 5.92 Å². The second kappa shape index (κ2) is 6.88. The number of carbonyl (C=O) groups excluding carboxylic acids is 1. The summed E-state index contributed by atoms with van der Waals surface area (Å²) in [6, 6.07) is 6.65. The lowest BCUT2D eigenvalue weighted by molar-refractivity contribution is -0.111. The molecule has 0 aliphatic heterocycles. The van der Waals surface area contributed by atoms with Crippen LogP contribution in [0, 0.1) is 19.8 Å². The predicted octanol–water partition coefficient (Wildman–Crippen LogP) is 5.14. The molecule has 0 aromatic heterocycles. The van der Waals surface area contributed by atoms with Gasteiger partial charge in [0.25, 0.3) is 0 Å². The summed E-state index contributed by atoms with van der Waals surface area (Å²) in [5.41, 5.74) is 5.34. The van der Waals surface area contributed by atoms with E-state index in [9.17, 15) is 4.79 Å². The Bertz CT molecular complexity index is 494. The van der Waals surface area contributed by atoms with Gasteiger partial charge < -0.3 is 4.79 Å². The van der Waals surface area contributed by atoms with E-state index in [0.717, 1.165) is 19.1 Å². The molecule has 0 aliphatic rings. The van der Waals surface area contributed by atoms with Crippen LogP contribution in [0.1, 0.15) is 57.2 Å². The molecule has 1 nitrogen and oxygen atoms in total. The summed E-state index contributed by atoms with van der Waals surface area (Å²) < 4.78 is 0. The molecule has 0 spiro atoms. The van der Waals surface area contributed by atoms with Crippen molar-refractivity contribution in [3.8, 4) is 0 Å². The molecule has 0 aliphatic carbocycles. The summed E-state index contributed by atoms with van der Waals surface area (Å²) in [5, 5.41) is 0. The normalized spacial score (nSPS) is 15.3. The zero-order valence-electron chi connectivity index (χ0n) is 13.8. The molecule has 1 aromatic carbocycles. The van der Waals surface area contributed by atoms with Crippen LogP contribution in [0.4, 0.5) is 0 Å². The van der Waals surface area contributed by atoms with E-state index in [1.54, 1.807) is 0 Å². The Hall–Kier alpha value is -1.37. The first-order valence-electron chi connectivity index (χ1n) is 7.45. The molecule has 0 amide bonds. The first-order valence-corrected chi connectivity index (χ1v) is 7.45. The fourth-order valence-electron chi connectivity index (χ4n) is 2.98. The Morgan fingerprint density at radius 3 is 2.45 bits per heavy atom. The minimum absolute atomic E-state index is 0.0232. The van der Waals surface area contributed by atoms with E-state index >= 15 is 0 Å². The van der Waals surface area contributed by atoms with E-state index in [-0.39, 0.29) is 11.3 Å². The van der Waals surface area contributed by atoms with Crippen LogP contribution in [0.5, 0.6) is 0 Å². The van der Waals surface area contributed by atoms with Crippen molar-refractivity contribution < 1.29 is 4.79 Å². The van der Waals surface area contributed by atoms with Crippen LogP contribution in [0.25, 0.3) is 0 Å². The average molecular weight is 272 g/mol. The fraction of sp³-hybridized carbons (Fsp3) is 0.526. The molecule has 0 saturated carbocycles. The zero-order valence-corrected chi connectivity index (χ0v) is 13.8. The lowest BCUT2D eigenvalue weighted by atomic mass is 9.71. The second-order valence-corrected chi connectivity index (χ2v) is 6.68. The SMILES string of the molecule is CC(C)=CCC(C)(CC(C)C=O)c1ccc(C)cc1C. The molecular weight excluding hydrogens is 244 g/mol. The summed E-state index contributed by atoms with van der Waals surface area (Å²) in [6.45, 7) is 12.9. The Labute approximate surface area is 124 Å². The fourth-order valence-corrected chi connectivity index (χ4v) is 2.98. The first-order chi connectivity index (χ1) is 9.28. The van der Waals surface area contributed by atoms with Gasteiger partial charge in [-0.05, 0) is 57.1 Å². The number of rotatable bonds is 6. The molecule has 0 N–H and O–H groups in total. The molecule has 0 radical (unpaired) electrons. The maximum absolute atomic E-state index is 11.1. The van der Waals surface area contributed by atoms with Crippen LogP contribution in [-0.4, -0.2) is 6.29 Å². The largest absolute Gasteiger partial charge is 0.303 e. The van der Waals surface area contributed by atoms with Gasteiger partial charge in [0.05, 0.1) is 0 Å². The lowest BCUT2D eigenvalue weighted by Gasteiger charge is -2.32. The van der Waals surface area contributed by atoms with Crippen molar-refractivity contribution in [2.45, 2.75) is 59.8 Å². The van der Waals surface area contributed by atoms with E-state index in [0.29, 0.717) is 0 Å². The summed E-state index contributed by atoms with van der Waals surface area (Å²) >= 11 is 0. The highest BCUT2D eigenvalue weighted by atomic mass is 16.1. The average Bonchev–Trinajstić information content (AvgIpc) is 2.36. The number of allylic oxidation sites excluding steroid dienone is 2. The first kappa shape index (κ1) is 16.7. The van der Waals surface area contributed by atoms with Crippen LogP contribution in [0.15, 0.2) is 29.8 Å². The number of benzene rings is 1. The van der Waals surface area contributed by atoms with Gasteiger partial charge >= 0.3 is 0 Å². The molecule has 110 valence electrons. The van der Waals surface area contributed by atoms with E-state index < -0.39 is 0 Å². The molecule has 0 saturated heterocycles. The third kappa shape index (κ3) is 4.33. The quantitative estimate of drug-likeness (QED) is 0.517. The zero-order chi connectivity index (χ0) is 15.3. The van der Waals surface area contributed by atoms with E-state index in [1.807, 2.05) is 6.92 Å². The second-order valence-electron chi connectivity index (χ2n) is 6.68. The number of aryl methyl sites for hydroxylation is 2. The molecule has 20 heavy (non-hydrogen) atoms. The molecule has 2 atom stereocenters. The molecule has 1 aromatic rings. The maximum atomic E-state index is 11.1. The number of aldehydes is 1. The lowest BCUT2D eigenvalue weighted by Crippen LogP contribution is -2.26. The van der Waals surface area contributed by atoms with Crippen molar-refractivity contribution in [1.82, 2.24) is 0 Å².